The van der Waals surface area contributed by atoms with Crippen molar-refractivity contribution in [1.82, 2.24) is 0 Å². The van der Waals surface area contributed by atoms with Gasteiger partial charge in [-0.1, -0.05) is 6.07 Å². The van der Waals surface area contributed by atoms with Crippen LogP contribution in [0.15, 0.2) is 18.2 Å². The number of hydrogen-bond donors (Lipinski definition) is 1. The third-order valence-electron chi connectivity index (χ3n) is 1.62. The second-order valence-corrected chi connectivity index (χ2v) is 2.81. The van der Waals surface area contributed by atoms with E-state index in [1.165, 1.54) is 6.07 Å². The average molecular weight is 210 g/mol. The molecule has 0 atom stereocenters. The molecular formula is C8H7ClF3N. The van der Waals surface area contributed by atoms with Crippen LogP contribution in [0.25, 0.3) is 0 Å². The lowest BCUT2D eigenvalue weighted by Crippen LogP contribution is -2.06. The van der Waals surface area contributed by atoms with E-state index >= 15 is 0 Å². The fraction of sp³-hybridized carbons (Fsp3) is 0.250. The van der Waals surface area contributed by atoms with Gasteiger partial charge in [0.1, 0.15) is 0 Å². The summed E-state index contributed by atoms with van der Waals surface area (Å²) in [5.74, 6) is 0.115. The molecule has 0 saturated heterocycles. The third-order valence-corrected chi connectivity index (χ3v) is 1.91. The predicted molar refractivity (Wildman–Crippen MR) is 45.4 cm³/mol. The van der Waals surface area contributed by atoms with E-state index in [4.69, 9.17) is 17.3 Å². The first-order chi connectivity index (χ1) is 5.95. The number of rotatable bonds is 1. The second-order valence-electron chi connectivity index (χ2n) is 2.54. The van der Waals surface area contributed by atoms with E-state index in [1.54, 1.807) is 0 Å². The summed E-state index contributed by atoms with van der Waals surface area (Å²) in [6, 6.07) is 3.14. The van der Waals surface area contributed by atoms with E-state index in [-0.39, 0.29) is 11.6 Å². The van der Waals surface area contributed by atoms with E-state index in [0.29, 0.717) is 5.56 Å². The van der Waals surface area contributed by atoms with Gasteiger partial charge in [0.2, 0.25) is 0 Å². The van der Waals surface area contributed by atoms with Gasteiger partial charge in [-0.15, -0.1) is 11.6 Å². The second kappa shape index (κ2) is 3.46. The van der Waals surface area contributed by atoms with Crippen LogP contribution in [-0.2, 0) is 12.1 Å². The summed E-state index contributed by atoms with van der Waals surface area (Å²) < 4.78 is 36.3. The number of benzene rings is 1. The highest BCUT2D eigenvalue weighted by Crippen LogP contribution is 2.31. The maximum Gasteiger partial charge on any atom is 0.416 e. The molecule has 0 aliphatic rings. The molecule has 0 bridgehead atoms. The minimum atomic E-state index is -4.35. The summed E-state index contributed by atoms with van der Waals surface area (Å²) >= 11 is 5.44. The molecule has 72 valence electrons. The number of hydrogen-bond acceptors (Lipinski definition) is 1. The molecule has 0 aromatic heterocycles. The average Bonchev–Trinajstić information content (AvgIpc) is 2.02. The molecule has 1 nitrogen and oxygen atoms in total. The highest BCUT2D eigenvalue weighted by molar-refractivity contribution is 6.17. The lowest BCUT2D eigenvalue weighted by molar-refractivity contribution is -0.137. The SMILES string of the molecule is Nc1cc(C(F)(F)F)ccc1CCl. The van der Waals surface area contributed by atoms with Gasteiger partial charge in [-0.05, 0) is 17.7 Å². The van der Waals surface area contributed by atoms with Crippen molar-refractivity contribution in [1.29, 1.82) is 0 Å². The van der Waals surface area contributed by atoms with Gasteiger partial charge in [-0.2, -0.15) is 13.2 Å². The summed E-state index contributed by atoms with van der Waals surface area (Å²) in [6.45, 7) is 0. The molecule has 2 N–H and O–H groups in total. The van der Waals surface area contributed by atoms with E-state index in [1.807, 2.05) is 0 Å². The molecule has 0 saturated carbocycles. The maximum atomic E-state index is 12.1. The molecule has 0 aliphatic heterocycles. The Bertz CT molecular complexity index is 309. The lowest BCUT2D eigenvalue weighted by atomic mass is 10.1. The molecule has 13 heavy (non-hydrogen) atoms. The van der Waals surface area contributed by atoms with Crippen molar-refractivity contribution in [2.45, 2.75) is 12.1 Å². The summed E-state index contributed by atoms with van der Waals surface area (Å²) in [5.41, 5.74) is 5.18. The lowest BCUT2D eigenvalue weighted by Gasteiger charge is -2.08. The normalized spacial score (nSPS) is 11.7. The zero-order chi connectivity index (χ0) is 10.1. The van der Waals surface area contributed by atoms with Crippen LogP contribution in [0.1, 0.15) is 11.1 Å². The number of alkyl halides is 4. The Labute approximate surface area is 78.3 Å². The highest BCUT2D eigenvalue weighted by atomic mass is 35.5. The molecule has 0 fully saturated rings. The van der Waals surface area contributed by atoms with Gasteiger partial charge in [-0.3, -0.25) is 0 Å². The molecule has 0 unspecified atom stereocenters. The standard InChI is InChI=1S/C8H7ClF3N/c9-4-5-1-2-6(3-7(5)13)8(10,11)12/h1-3H,4,13H2. The Morgan fingerprint density at radius 2 is 1.92 bits per heavy atom. The van der Waals surface area contributed by atoms with E-state index in [2.05, 4.69) is 0 Å². The Balaban J connectivity index is 3.10. The number of anilines is 1. The number of nitrogen functional groups attached to an aromatic ring is 1. The van der Waals surface area contributed by atoms with Crippen LogP contribution in [0.4, 0.5) is 18.9 Å². The molecule has 0 amide bonds. The van der Waals surface area contributed by atoms with Crippen LogP contribution in [-0.4, -0.2) is 0 Å². The minimum Gasteiger partial charge on any atom is -0.398 e. The zero-order valence-electron chi connectivity index (χ0n) is 6.53. The van der Waals surface area contributed by atoms with E-state index < -0.39 is 11.7 Å². The maximum absolute atomic E-state index is 12.1. The van der Waals surface area contributed by atoms with Crippen molar-refractivity contribution in [2.75, 3.05) is 5.73 Å². The molecule has 0 radical (unpaired) electrons. The summed E-state index contributed by atoms with van der Waals surface area (Å²) in [7, 11) is 0. The largest absolute Gasteiger partial charge is 0.416 e. The molecule has 1 aromatic rings. The predicted octanol–water partition coefficient (Wildman–Crippen LogP) is 3.03. The van der Waals surface area contributed by atoms with Crippen molar-refractivity contribution in [3.8, 4) is 0 Å². The van der Waals surface area contributed by atoms with Crippen LogP contribution in [0.2, 0.25) is 0 Å². The molecule has 0 spiro atoms. The Kier molecular flexibility index (Phi) is 2.71. The molecule has 5 heteroatoms. The van der Waals surface area contributed by atoms with Crippen LogP contribution in [0, 0.1) is 0 Å². The fourth-order valence-corrected chi connectivity index (χ4v) is 1.14. The fourth-order valence-electron chi connectivity index (χ4n) is 0.893. The molecule has 1 aromatic carbocycles. The van der Waals surface area contributed by atoms with Gasteiger partial charge in [0.25, 0.3) is 0 Å². The number of nitrogens with two attached hydrogens (primary N) is 1. The summed E-state index contributed by atoms with van der Waals surface area (Å²) in [4.78, 5) is 0. The molecule has 1 rings (SSSR count). The third kappa shape index (κ3) is 2.28. The van der Waals surface area contributed by atoms with Crippen molar-refractivity contribution in [3.63, 3.8) is 0 Å². The first kappa shape index (κ1) is 10.2. The van der Waals surface area contributed by atoms with Gasteiger partial charge in [-0.25, -0.2) is 0 Å². The van der Waals surface area contributed by atoms with E-state index in [9.17, 15) is 13.2 Å². The van der Waals surface area contributed by atoms with Gasteiger partial charge in [0.05, 0.1) is 5.56 Å². The van der Waals surface area contributed by atoms with E-state index in [0.717, 1.165) is 12.1 Å². The van der Waals surface area contributed by atoms with Crippen molar-refractivity contribution in [3.05, 3.63) is 29.3 Å². The Hall–Kier alpha value is -0.900. The summed E-state index contributed by atoms with van der Waals surface area (Å²) in [5, 5.41) is 0. The van der Waals surface area contributed by atoms with Gasteiger partial charge in [0, 0.05) is 11.6 Å². The first-order valence-corrected chi connectivity index (χ1v) is 4.00. The van der Waals surface area contributed by atoms with Gasteiger partial charge < -0.3 is 5.73 Å². The van der Waals surface area contributed by atoms with Crippen LogP contribution < -0.4 is 5.73 Å². The zero-order valence-corrected chi connectivity index (χ0v) is 7.28. The molecular weight excluding hydrogens is 203 g/mol. The van der Waals surface area contributed by atoms with Crippen molar-refractivity contribution < 1.29 is 13.2 Å². The molecule has 0 heterocycles. The van der Waals surface area contributed by atoms with Crippen molar-refractivity contribution in [2.24, 2.45) is 0 Å². The van der Waals surface area contributed by atoms with Crippen molar-refractivity contribution >= 4 is 17.3 Å². The van der Waals surface area contributed by atoms with Crippen LogP contribution >= 0.6 is 11.6 Å². The quantitative estimate of drug-likeness (QED) is 0.558. The first-order valence-electron chi connectivity index (χ1n) is 3.46. The van der Waals surface area contributed by atoms with Crippen LogP contribution in [0.3, 0.4) is 0 Å². The van der Waals surface area contributed by atoms with Crippen LogP contribution in [0.5, 0.6) is 0 Å². The Morgan fingerprint density at radius 3 is 2.31 bits per heavy atom. The summed E-state index contributed by atoms with van der Waals surface area (Å²) in [6.07, 6.45) is -4.35. The van der Waals surface area contributed by atoms with Gasteiger partial charge in [0.15, 0.2) is 0 Å². The Morgan fingerprint density at radius 1 is 1.31 bits per heavy atom. The smallest absolute Gasteiger partial charge is 0.398 e. The number of halogens is 4. The minimum absolute atomic E-state index is 0.0739. The molecule has 0 aliphatic carbocycles. The highest BCUT2D eigenvalue weighted by Gasteiger charge is 2.30. The topological polar surface area (TPSA) is 26.0 Å². The monoisotopic (exact) mass is 209 g/mol. The van der Waals surface area contributed by atoms with Gasteiger partial charge >= 0.3 is 6.18 Å².